The third-order valence-corrected chi connectivity index (χ3v) is 4.54. The second kappa shape index (κ2) is 9.38. The lowest BCUT2D eigenvalue weighted by Gasteiger charge is -2.32. The maximum absolute atomic E-state index is 11.7. The number of hydrogen-bond acceptors (Lipinski definition) is 7. The highest BCUT2D eigenvalue weighted by atomic mass is 35.5. The van der Waals surface area contributed by atoms with Gasteiger partial charge in [0.05, 0.1) is 24.2 Å². The number of amides is 1. The Labute approximate surface area is 160 Å². The molecular weight excluding hydrogens is 382 g/mol. The first-order chi connectivity index (χ1) is 12.8. The minimum Gasteiger partial charge on any atom is -0.492 e. The number of rotatable bonds is 7. The molecule has 1 aliphatic heterocycles. The van der Waals surface area contributed by atoms with Crippen molar-refractivity contribution in [2.24, 2.45) is 0 Å². The highest BCUT2D eigenvalue weighted by Crippen LogP contribution is 2.35. The summed E-state index contributed by atoms with van der Waals surface area (Å²) in [6, 6.07) is 2.36. The number of benzene rings is 1. The molecule has 0 aromatic heterocycles. The Kier molecular flexibility index (Phi) is 7.19. The quantitative estimate of drug-likeness (QED) is 0.319. The average molecular weight is 402 g/mol. The average Bonchev–Trinajstić information content (AvgIpc) is 2.65. The van der Waals surface area contributed by atoms with Gasteiger partial charge in [0.25, 0.3) is 5.69 Å². The van der Waals surface area contributed by atoms with Crippen molar-refractivity contribution in [2.45, 2.75) is 6.42 Å². The number of nitro benzene ring substituents is 1. The Morgan fingerprint density at radius 1 is 1.30 bits per heavy atom. The lowest BCUT2D eigenvalue weighted by molar-refractivity contribution is -0.384. The number of piperazine rings is 1. The van der Waals surface area contributed by atoms with Crippen LogP contribution in [0.25, 0.3) is 0 Å². The van der Waals surface area contributed by atoms with Crippen molar-refractivity contribution < 1.29 is 29.1 Å². The Bertz CT molecular complexity index is 720. The first kappa shape index (κ1) is 20.7. The molecule has 0 bridgehead atoms. The van der Waals surface area contributed by atoms with Gasteiger partial charge in [-0.25, -0.2) is 9.59 Å². The van der Waals surface area contributed by atoms with Gasteiger partial charge in [0.2, 0.25) is 0 Å². The van der Waals surface area contributed by atoms with Gasteiger partial charge >= 0.3 is 12.1 Å². The fourth-order valence-corrected chi connectivity index (χ4v) is 2.92. The van der Waals surface area contributed by atoms with E-state index in [1.54, 1.807) is 0 Å². The van der Waals surface area contributed by atoms with Crippen LogP contribution in [0.2, 0.25) is 5.02 Å². The van der Waals surface area contributed by atoms with Crippen LogP contribution < -0.4 is 4.74 Å². The number of hydrogen-bond donors (Lipinski definition) is 1. The van der Waals surface area contributed by atoms with Gasteiger partial charge in [-0.1, -0.05) is 11.6 Å². The van der Waals surface area contributed by atoms with Gasteiger partial charge in [-0.3, -0.25) is 15.0 Å². The minimum atomic E-state index is -0.917. The van der Waals surface area contributed by atoms with E-state index in [-0.39, 0.29) is 22.9 Å². The lowest BCUT2D eigenvalue weighted by atomic mass is 10.2. The SMILES string of the molecule is COC(=O)c1cc(OCCCN2CCN(C(=O)O)CC2)c(Cl)c([N+](=O)[O-])c1. The molecule has 0 unspecified atom stereocenters. The highest BCUT2D eigenvalue weighted by Gasteiger charge is 2.23. The zero-order valence-corrected chi connectivity index (χ0v) is 15.5. The molecule has 0 radical (unpaired) electrons. The van der Waals surface area contributed by atoms with E-state index in [4.69, 9.17) is 21.4 Å². The zero-order valence-electron chi connectivity index (χ0n) is 14.7. The van der Waals surface area contributed by atoms with Crippen LogP contribution in [-0.2, 0) is 4.74 Å². The van der Waals surface area contributed by atoms with Crippen LogP contribution in [0, 0.1) is 10.1 Å². The normalized spacial score (nSPS) is 14.7. The molecule has 1 aliphatic rings. The predicted molar refractivity (Wildman–Crippen MR) is 95.6 cm³/mol. The molecule has 148 valence electrons. The number of ether oxygens (including phenoxy) is 2. The third kappa shape index (κ3) is 5.44. The topological polar surface area (TPSA) is 122 Å². The molecule has 11 heteroatoms. The second-order valence-electron chi connectivity index (χ2n) is 5.87. The van der Waals surface area contributed by atoms with Gasteiger partial charge in [-0.2, -0.15) is 0 Å². The van der Waals surface area contributed by atoms with Crippen LogP contribution in [0.4, 0.5) is 10.5 Å². The summed E-state index contributed by atoms with van der Waals surface area (Å²) in [6.45, 7) is 3.10. The Morgan fingerprint density at radius 2 is 1.96 bits per heavy atom. The molecule has 0 aliphatic carbocycles. The van der Waals surface area contributed by atoms with Gasteiger partial charge in [-0.05, 0) is 12.5 Å². The summed E-state index contributed by atoms with van der Waals surface area (Å²) in [6.07, 6.45) is -0.306. The largest absolute Gasteiger partial charge is 0.492 e. The molecule has 1 fully saturated rings. The van der Waals surface area contributed by atoms with Crippen molar-refractivity contribution in [2.75, 3.05) is 46.4 Å². The number of carbonyl (C=O) groups excluding carboxylic acids is 1. The van der Waals surface area contributed by atoms with Crippen molar-refractivity contribution in [1.82, 2.24) is 9.80 Å². The van der Waals surface area contributed by atoms with Crippen molar-refractivity contribution in [3.05, 3.63) is 32.8 Å². The van der Waals surface area contributed by atoms with Crippen molar-refractivity contribution in [3.63, 3.8) is 0 Å². The van der Waals surface area contributed by atoms with E-state index in [2.05, 4.69) is 9.64 Å². The van der Waals surface area contributed by atoms with Crippen molar-refractivity contribution >= 4 is 29.4 Å². The molecule has 1 saturated heterocycles. The summed E-state index contributed by atoms with van der Waals surface area (Å²) in [7, 11) is 1.17. The zero-order chi connectivity index (χ0) is 20.0. The molecule has 1 heterocycles. The van der Waals surface area contributed by atoms with Crippen LogP contribution in [0.1, 0.15) is 16.8 Å². The molecule has 27 heavy (non-hydrogen) atoms. The number of nitrogens with zero attached hydrogens (tertiary/aromatic N) is 3. The smallest absolute Gasteiger partial charge is 0.407 e. The molecule has 1 aromatic carbocycles. The molecular formula is C16H20ClN3O7. The molecule has 1 aromatic rings. The van der Waals surface area contributed by atoms with E-state index in [0.29, 0.717) is 39.1 Å². The summed E-state index contributed by atoms with van der Waals surface area (Å²) < 4.78 is 10.1. The molecule has 1 N–H and O–H groups in total. The molecule has 1 amide bonds. The fraction of sp³-hybridized carbons (Fsp3) is 0.500. The standard InChI is InChI=1S/C16H20ClN3O7/c1-26-15(21)11-9-12(20(24)25)14(17)13(10-11)27-8-2-3-18-4-6-19(7-5-18)16(22)23/h9-10H,2-8H2,1H3,(H,22,23). The molecule has 0 saturated carbocycles. The van der Waals surface area contributed by atoms with Crippen LogP contribution in [-0.4, -0.2) is 78.3 Å². The van der Waals surface area contributed by atoms with E-state index >= 15 is 0 Å². The summed E-state index contributed by atoms with van der Waals surface area (Å²) in [5, 5.41) is 19.9. The minimum absolute atomic E-state index is 0.0200. The van der Waals surface area contributed by atoms with Crippen LogP contribution in [0.5, 0.6) is 5.75 Å². The number of esters is 1. The van der Waals surface area contributed by atoms with Gasteiger partial charge in [0, 0.05) is 38.8 Å². The Morgan fingerprint density at radius 3 is 2.52 bits per heavy atom. The Balaban J connectivity index is 1.91. The van der Waals surface area contributed by atoms with E-state index in [1.807, 2.05) is 0 Å². The van der Waals surface area contributed by atoms with Crippen LogP contribution in [0.3, 0.4) is 0 Å². The van der Waals surface area contributed by atoms with Gasteiger partial charge < -0.3 is 19.5 Å². The third-order valence-electron chi connectivity index (χ3n) is 4.16. The summed E-state index contributed by atoms with van der Waals surface area (Å²) in [5.74, 6) is -0.683. The van der Waals surface area contributed by atoms with Gasteiger partial charge in [-0.15, -0.1) is 0 Å². The van der Waals surface area contributed by atoms with Crippen LogP contribution in [0.15, 0.2) is 12.1 Å². The summed E-state index contributed by atoms with van der Waals surface area (Å²) in [5.41, 5.74) is -0.451. The molecule has 0 atom stereocenters. The van der Waals surface area contributed by atoms with Gasteiger partial charge in [0.15, 0.2) is 5.02 Å². The monoisotopic (exact) mass is 401 g/mol. The number of carboxylic acid groups (broad SMARTS) is 1. The fourth-order valence-electron chi connectivity index (χ4n) is 2.69. The van der Waals surface area contributed by atoms with E-state index in [0.717, 1.165) is 6.07 Å². The van der Waals surface area contributed by atoms with Gasteiger partial charge in [0.1, 0.15) is 5.75 Å². The molecule has 0 spiro atoms. The van der Waals surface area contributed by atoms with Crippen molar-refractivity contribution in [1.29, 1.82) is 0 Å². The van der Waals surface area contributed by atoms with Crippen molar-refractivity contribution in [3.8, 4) is 5.75 Å². The number of methoxy groups -OCH3 is 1. The summed E-state index contributed by atoms with van der Waals surface area (Å²) in [4.78, 5) is 36.4. The molecule has 2 rings (SSSR count). The number of halogens is 1. The number of carbonyl (C=O) groups is 2. The molecule has 10 nitrogen and oxygen atoms in total. The Hall–Kier alpha value is -2.59. The second-order valence-corrected chi connectivity index (χ2v) is 6.25. The predicted octanol–water partition coefficient (Wildman–Crippen LogP) is 2.10. The van der Waals surface area contributed by atoms with E-state index in [9.17, 15) is 19.7 Å². The maximum atomic E-state index is 11.7. The first-order valence-electron chi connectivity index (χ1n) is 8.22. The van der Waals surface area contributed by atoms with E-state index in [1.165, 1.54) is 18.1 Å². The first-order valence-corrected chi connectivity index (χ1v) is 8.60. The highest BCUT2D eigenvalue weighted by molar-refractivity contribution is 6.34. The maximum Gasteiger partial charge on any atom is 0.407 e. The van der Waals surface area contributed by atoms with Crippen LogP contribution >= 0.6 is 11.6 Å². The summed E-state index contributed by atoms with van der Waals surface area (Å²) >= 11 is 6.01. The van der Waals surface area contributed by atoms with E-state index < -0.39 is 22.7 Å². The lowest BCUT2D eigenvalue weighted by Crippen LogP contribution is -2.48. The number of nitro groups is 1.